The Morgan fingerprint density at radius 3 is 2.71 bits per heavy atom. The highest BCUT2D eigenvalue weighted by Gasteiger charge is 2.32. The second kappa shape index (κ2) is 14.8. The molecule has 0 bridgehead atoms. The van der Waals surface area contributed by atoms with Gasteiger partial charge in [-0.25, -0.2) is 0 Å². The van der Waals surface area contributed by atoms with Crippen LogP contribution in [0.25, 0.3) is 0 Å². The maximum Gasteiger partial charge on any atom is 0.222 e. The van der Waals surface area contributed by atoms with E-state index in [4.69, 9.17) is 0 Å². The van der Waals surface area contributed by atoms with Gasteiger partial charge in [-0.3, -0.25) is 9.59 Å². The molecule has 1 aliphatic carbocycles. The van der Waals surface area contributed by atoms with Crippen molar-refractivity contribution in [2.24, 2.45) is 11.8 Å². The Bertz CT molecular complexity index is 562. The molecule has 4 unspecified atom stereocenters. The van der Waals surface area contributed by atoms with Gasteiger partial charge in [0.15, 0.2) is 0 Å². The second-order valence-corrected chi connectivity index (χ2v) is 9.60. The van der Waals surface area contributed by atoms with Crippen molar-refractivity contribution in [2.45, 2.75) is 115 Å². The monoisotopic (exact) mass is 435 g/mol. The van der Waals surface area contributed by atoms with E-state index in [1.165, 1.54) is 0 Å². The minimum absolute atomic E-state index is 0.0183. The standard InChI is InChI=1S/C26H45NO4/c1-2-3-6-12-23(29)17-15-21-16-18-25(30)24(21)13-7-4-5-8-14-26(31)27-19-10-9-11-22(27)20-28/h15,17,21-24,28-29H,2-14,16,18-20H2,1H3. The van der Waals surface area contributed by atoms with E-state index >= 15 is 0 Å². The van der Waals surface area contributed by atoms with Gasteiger partial charge in [-0.1, -0.05) is 57.6 Å². The zero-order valence-electron chi connectivity index (χ0n) is 19.6. The number of unbranched alkanes of at least 4 members (excludes halogenated alkanes) is 5. The van der Waals surface area contributed by atoms with Gasteiger partial charge in [0, 0.05) is 25.3 Å². The third kappa shape index (κ3) is 9.05. The Hall–Kier alpha value is -1.20. The van der Waals surface area contributed by atoms with Crippen molar-refractivity contribution in [3.63, 3.8) is 0 Å². The molecule has 2 N–H and O–H groups in total. The normalized spacial score (nSPS) is 25.5. The van der Waals surface area contributed by atoms with Crippen LogP contribution in [0.15, 0.2) is 12.2 Å². The minimum Gasteiger partial charge on any atom is -0.394 e. The number of hydrogen-bond donors (Lipinski definition) is 2. The van der Waals surface area contributed by atoms with Crippen LogP contribution < -0.4 is 0 Å². The number of ketones is 1. The first-order valence-corrected chi connectivity index (χ1v) is 12.9. The predicted octanol–water partition coefficient (Wildman–Crippen LogP) is 4.79. The number of allylic oxidation sites excluding steroid dienone is 1. The molecule has 1 heterocycles. The number of nitrogens with zero attached hydrogens (tertiary/aromatic N) is 1. The molecule has 5 heteroatoms. The maximum atomic E-state index is 12.4. The van der Waals surface area contributed by atoms with Gasteiger partial charge < -0.3 is 15.1 Å². The number of aliphatic hydroxyl groups is 2. The molecule has 0 aromatic heterocycles. The van der Waals surface area contributed by atoms with Crippen molar-refractivity contribution in [2.75, 3.05) is 13.2 Å². The average Bonchev–Trinajstić information content (AvgIpc) is 3.14. The van der Waals surface area contributed by atoms with Crippen LogP contribution in [0.4, 0.5) is 0 Å². The average molecular weight is 436 g/mol. The zero-order valence-corrected chi connectivity index (χ0v) is 19.6. The summed E-state index contributed by atoms with van der Waals surface area (Å²) in [5.74, 6) is 0.960. The van der Waals surface area contributed by atoms with E-state index in [1.807, 2.05) is 11.0 Å². The van der Waals surface area contributed by atoms with E-state index in [2.05, 4.69) is 13.0 Å². The zero-order chi connectivity index (χ0) is 22.5. The third-order valence-corrected chi connectivity index (χ3v) is 7.15. The van der Waals surface area contributed by atoms with E-state index in [0.717, 1.165) is 90.0 Å². The second-order valence-electron chi connectivity index (χ2n) is 9.60. The molecule has 0 radical (unpaired) electrons. The first-order chi connectivity index (χ1) is 15.1. The Balaban J connectivity index is 1.62. The predicted molar refractivity (Wildman–Crippen MR) is 125 cm³/mol. The first-order valence-electron chi connectivity index (χ1n) is 12.9. The summed E-state index contributed by atoms with van der Waals surface area (Å²) in [6.45, 7) is 3.03. The van der Waals surface area contributed by atoms with Gasteiger partial charge in [-0.2, -0.15) is 0 Å². The van der Waals surface area contributed by atoms with E-state index in [0.29, 0.717) is 18.6 Å². The van der Waals surface area contributed by atoms with E-state index < -0.39 is 0 Å². The number of rotatable bonds is 14. The summed E-state index contributed by atoms with van der Waals surface area (Å²) in [4.78, 5) is 26.6. The fraction of sp³-hybridized carbons (Fsp3) is 0.846. The molecule has 0 spiro atoms. The summed E-state index contributed by atoms with van der Waals surface area (Å²) < 4.78 is 0. The van der Waals surface area contributed by atoms with Crippen molar-refractivity contribution < 1.29 is 19.8 Å². The van der Waals surface area contributed by atoms with Crippen LogP contribution in [0.5, 0.6) is 0 Å². The minimum atomic E-state index is -0.384. The van der Waals surface area contributed by atoms with Crippen LogP contribution in [0.1, 0.15) is 103 Å². The van der Waals surface area contributed by atoms with Gasteiger partial charge in [0.1, 0.15) is 5.78 Å². The SMILES string of the molecule is CCCCCC(O)C=CC1CCC(=O)C1CCCCCCC(=O)N1CCCCC1CO. The summed E-state index contributed by atoms with van der Waals surface area (Å²) in [6.07, 6.45) is 17.9. The van der Waals surface area contributed by atoms with Crippen LogP contribution in [-0.4, -0.2) is 52.1 Å². The van der Waals surface area contributed by atoms with Crippen molar-refractivity contribution in [3.05, 3.63) is 12.2 Å². The van der Waals surface area contributed by atoms with Gasteiger partial charge in [-0.15, -0.1) is 0 Å². The van der Waals surface area contributed by atoms with Crippen LogP contribution in [0.2, 0.25) is 0 Å². The number of aliphatic hydroxyl groups excluding tert-OH is 2. The lowest BCUT2D eigenvalue weighted by atomic mass is 9.89. The van der Waals surface area contributed by atoms with E-state index in [-0.39, 0.29) is 36.5 Å². The molecule has 1 aliphatic heterocycles. The number of Topliss-reactive ketones (excluding diaryl/α,β-unsaturated/α-hetero) is 1. The van der Waals surface area contributed by atoms with Gasteiger partial charge >= 0.3 is 0 Å². The van der Waals surface area contributed by atoms with Gasteiger partial charge in [-0.05, 0) is 50.9 Å². The largest absolute Gasteiger partial charge is 0.394 e. The quantitative estimate of drug-likeness (QED) is 0.304. The van der Waals surface area contributed by atoms with E-state index in [9.17, 15) is 19.8 Å². The number of likely N-dealkylation sites (tertiary alicyclic amines) is 1. The molecule has 2 rings (SSSR count). The molecule has 1 saturated carbocycles. The fourth-order valence-corrected chi connectivity index (χ4v) is 5.17. The Labute approximate surface area is 189 Å². The lowest BCUT2D eigenvalue weighted by molar-refractivity contribution is -0.136. The number of piperidine rings is 1. The Kier molecular flexibility index (Phi) is 12.4. The molecule has 1 saturated heterocycles. The van der Waals surface area contributed by atoms with Crippen LogP contribution in [-0.2, 0) is 9.59 Å². The summed E-state index contributed by atoms with van der Waals surface area (Å²) >= 11 is 0. The number of amides is 1. The fourth-order valence-electron chi connectivity index (χ4n) is 5.17. The van der Waals surface area contributed by atoms with Crippen LogP contribution in [0.3, 0.4) is 0 Å². The number of carbonyl (C=O) groups is 2. The van der Waals surface area contributed by atoms with Crippen molar-refractivity contribution in [3.8, 4) is 0 Å². The summed E-state index contributed by atoms with van der Waals surface area (Å²) in [5.41, 5.74) is 0. The smallest absolute Gasteiger partial charge is 0.222 e. The molecule has 31 heavy (non-hydrogen) atoms. The van der Waals surface area contributed by atoms with Crippen molar-refractivity contribution in [1.82, 2.24) is 4.90 Å². The lowest BCUT2D eigenvalue weighted by Gasteiger charge is -2.34. The van der Waals surface area contributed by atoms with Gasteiger partial charge in [0.25, 0.3) is 0 Å². The molecule has 4 atom stereocenters. The highest BCUT2D eigenvalue weighted by molar-refractivity contribution is 5.83. The maximum absolute atomic E-state index is 12.4. The molecular weight excluding hydrogens is 390 g/mol. The summed E-state index contributed by atoms with van der Waals surface area (Å²) in [7, 11) is 0. The molecule has 0 aromatic carbocycles. The topological polar surface area (TPSA) is 77.8 Å². The van der Waals surface area contributed by atoms with Crippen LogP contribution in [0, 0.1) is 11.8 Å². The number of hydrogen-bond acceptors (Lipinski definition) is 4. The molecule has 5 nitrogen and oxygen atoms in total. The van der Waals surface area contributed by atoms with Crippen LogP contribution >= 0.6 is 0 Å². The Morgan fingerprint density at radius 1 is 1.13 bits per heavy atom. The summed E-state index contributed by atoms with van der Waals surface area (Å²) in [6, 6.07) is 0.0183. The Morgan fingerprint density at radius 2 is 1.94 bits per heavy atom. The summed E-state index contributed by atoms with van der Waals surface area (Å²) in [5, 5.41) is 19.6. The molecule has 2 fully saturated rings. The third-order valence-electron chi connectivity index (χ3n) is 7.15. The van der Waals surface area contributed by atoms with Gasteiger partial charge in [0.2, 0.25) is 5.91 Å². The molecular formula is C26H45NO4. The molecule has 178 valence electrons. The molecule has 1 amide bonds. The van der Waals surface area contributed by atoms with Crippen molar-refractivity contribution in [1.29, 1.82) is 0 Å². The number of carbonyl (C=O) groups excluding carboxylic acids is 2. The molecule has 0 aromatic rings. The van der Waals surface area contributed by atoms with Gasteiger partial charge in [0.05, 0.1) is 18.8 Å². The van der Waals surface area contributed by atoms with Crippen molar-refractivity contribution >= 4 is 11.7 Å². The highest BCUT2D eigenvalue weighted by Crippen LogP contribution is 2.34. The lowest BCUT2D eigenvalue weighted by Crippen LogP contribution is -2.45. The highest BCUT2D eigenvalue weighted by atomic mass is 16.3. The first kappa shape index (κ1) is 26.1. The molecule has 2 aliphatic rings. The van der Waals surface area contributed by atoms with E-state index in [1.54, 1.807) is 0 Å².